The van der Waals surface area contributed by atoms with Crippen molar-refractivity contribution in [3.8, 4) is 5.75 Å². The number of hydrogen-bond acceptors (Lipinski definition) is 6. The van der Waals surface area contributed by atoms with Crippen molar-refractivity contribution < 1.29 is 22.9 Å². The molecule has 3 rings (SSSR count). The molecule has 1 amide bonds. The van der Waals surface area contributed by atoms with Crippen LogP contribution in [0, 0.1) is 10.1 Å². The second kappa shape index (κ2) is 11.2. The number of non-ortho nitro benzene ring substituents is 1. The zero-order chi connectivity index (χ0) is 26.3. The predicted octanol–water partition coefficient (Wildman–Crippen LogP) is 4.28. The Bertz CT molecular complexity index is 1290. The number of nitrogens with zero attached hydrogens (tertiary/aromatic N) is 2. The van der Waals surface area contributed by atoms with Crippen LogP contribution in [0.2, 0.25) is 0 Å². The molecular weight excluding hydrogens is 482 g/mol. The Hall–Kier alpha value is -3.92. The van der Waals surface area contributed by atoms with Gasteiger partial charge in [0, 0.05) is 12.1 Å². The Kier molecular flexibility index (Phi) is 8.31. The molecule has 0 aromatic heterocycles. The first-order chi connectivity index (χ1) is 17.0. The fourth-order valence-corrected chi connectivity index (χ4v) is 4.81. The molecule has 0 saturated heterocycles. The minimum absolute atomic E-state index is 0.00168. The highest BCUT2D eigenvalue weighted by Gasteiger charge is 2.27. The van der Waals surface area contributed by atoms with Gasteiger partial charge in [0.2, 0.25) is 5.91 Å². The van der Waals surface area contributed by atoms with Crippen LogP contribution in [0.3, 0.4) is 0 Å². The van der Waals surface area contributed by atoms with Crippen LogP contribution in [0.15, 0.2) is 83.8 Å². The Morgan fingerprint density at radius 2 is 1.58 bits per heavy atom. The van der Waals surface area contributed by atoms with Gasteiger partial charge in [0.1, 0.15) is 18.9 Å². The lowest BCUT2D eigenvalue weighted by Crippen LogP contribution is -2.41. The van der Waals surface area contributed by atoms with Crippen molar-refractivity contribution in [1.29, 1.82) is 0 Å². The zero-order valence-corrected chi connectivity index (χ0v) is 21.2. The summed E-state index contributed by atoms with van der Waals surface area (Å²) in [6.07, 6.45) is 0. The molecule has 10 heteroatoms. The molecule has 9 nitrogen and oxygen atoms in total. The molecule has 0 radical (unpaired) electrons. The molecule has 0 aliphatic carbocycles. The van der Waals surface area contributed by atoms with E-state index < -0.39 is 27.4 Å². The van der Waals surface area contributed by atoms with Gasteiger partial charge in [-0.2, -0.15) is 0 Å². The maximum atomic E-state index is 13.3. The lowest BCUT2D eigenvalue weighted by Gasteiger charge is -2.24. The van der Waals surface area contributed by atoms with Crippen molar-refractivity contribution in [2.24, 2.45) is 0 Å². The first-order valence-electron chi connectivity index (χ1n) is 11.3. The first-order valence-corrected chi connectivity index (χ1v) is 12.7. The van der Waals surface area contributed by atoms with E-state index in [4.69, 9.17) is 4.74 Å². The summed E-state index contributed by atoms with van der Waals surface area (Å²) in [7, 11) is -4.10. The van der Waals surface area contributed by atoms with E-state index in [0.717, 1.165) is 4.31 Å². The highest BCUT2D eigenvalue weighted by molar-refractivity contribution is 7.92. The summed E-state index contributed by atoms with van der Waals surface area (Å²) < 4.78 is 33.2. The molecule has 0 bridgehead atoms. The SMILES string of the molecule is CC(C)(C)c1ccc(OCCNC(=O)CN(c2ccc([N+](=O)[O-])cc2)S(=O)(=O)c2ccccc2)cc1. The van der Waals surface area contributed by atoms with E-state index >= 15 is 0 Å². The number of nitro groups is 1. The number of nitro benzene ring substituents is 1. The molecule has 1 N–H and O–H groups in total. The molecule has 0 atom stereocenters. The summed E-state index contributed by atoms with van der Waals surface area (Å²) in [4.78, 5) is 23.1. The van der Waals surface area contributed by atoms with Gasteiger partial charge in [0.15, 0.2) is 0 Å². The average Bonchev–Trinajstić information content (AvgIpc) is 2.85. The number of ether oxygens (including phenoxy) is 1. The van der Waals surface area contributed by atoms with Crippen molar-refractivity contribution >= 4 is 27.3 Å². The number of amides is 1. The number of carbonyl (C=O) groups excluding carboxylic acids is 1. The lowest BCUT2D eigenvalue weighted by molar-refractivity contribution is -0.384. The van der Waals surface area contributed by atoms with Crippen molar-refractivity contribution in [2.45, 2.75) is 31.1 Å². The van der Waals surface area contributed by atoms with Crippen LogP contribution in [0.5, 0.6) is 5.75 Å². The van der Waals surface area contributed by atoms with Gasteiger partial charge in [0.05, 0.1) is 22.1 Å². The van der Waals surface area contributed by atoms with Crippen molar-refractivity contribution in [3.63, 3.8) is 0 Å². The summed E-state index contributed by atoms with van der Waals surface area (Å²) in [5, 5.41) is 13.6. The van der Waals surface area contributed by atoms with Gasteiger partial charge < -0.3 is 10.1 Å². The predicted molar refractivity (Wildman–Crippen MR) is 138 cm³/mol. The zero-order valence-electron chi connectivity index (χ0n) is 20.4. The van der Waals surface area contributed by atoms with Gasteiger partial charge >= 0.3 is 0 Å². The molecule has 0 spiro atoms. The van der Waals surface area contributed by atoms with E-state index in [1.165, 1.54) is 42.0 Å². The van der Waals surface area contributed by atoms with Crippen LogP contribution in [0.25, 0.3) is 0 Å². The Labute approximate surface area is 210 Å². The van der Waals surface area contributed by atoms with E-state index in [-0.39, 0.29) is 34.8 Å². The monoisotopic (exact) mass is 511 g/mol. The second-order valence-electron chi connectivity index (χ2n) is 9.07. The van der Waals surface area contributed by atoms with Crippen LogP contribution in [0.1, 0.15) is 26.3 Å². The number of sulfonamides is 1. The number of carbonyl (C=O) groups is 1. The highest BCUT2D eigenvalue weighted by atomic mass is 32.2. The summed E-state index contributed by atoms with van der Waals surface area (Å²) >= 11 is 0. The quantitative estimate of drug-likeness (QED) is 0.247. The number of anilines is 1. The molecule has 36 heavy (non-hydrogen) atoms. The van der Waals surface area contributed by atoms with Crippen LogP contribution in [0.4, 0.5) is 11.4 Å². The molecule has 0 fully saturated rings. The molecule has 3 aromatic rings. The molecule has 0 aliphatic heterocycles. The third-order valence-electron chi connectivity index (χ3n) is 5.38. The second-order valence-corrected chi connectivity index (χ2v) is 10.9. The number of nitrogens with one attached hydrogen (secondary N) is 1. The maximum absolute atomic E-state index is 13.3. The highest BCUT2D eigenvalue weighted by Crippen LogP contribution is 2.26. The van der Waals surface area contributed by atoms with Gasteiger partial charge in [-0.1, -0.05) is 51.1 Å². The first kappa shape index (κ1) is 26.7. The molecule has 3 aromatic carbocycles. The summed E-state index contributed by atoms with van der Waals surface area (Å²) in [6, 6.07) is 20.4. The van der Waals surface area contributed by atoms with E-state index in [9.17, 15) is 23.3 Å². The standard InChI is InChI=1S/C26H29N3O6S/c1-26(2,3)20-9-15-23(16-10-20)35-18-17-27-25(30)19-28(21-11-13-22(14-12-21)29(31)32)36(33,34)24-7-5-4-6-8-24/h4-16H,17-19H2,1-3H3,(H,27,30). The number of benzene rings is 3. The maximum Gasteiger partial charge on any atom is 0.269 e. The Morgan fingerprint density at radius 3 is 2.14 bits per heavy atom. The largest absolute Gasteiger partial charge is 0.492 e. The normalized spacial score (nSPS) is 11.5. The number of hydrogen-bond donors (Lipinski definition) is 1. The molecule has 0 aliphatic rings. The third kappa shape index (κ3) is 6.82. The molecule has 0 saturated carbocycles. The lowest BCUT2D eigenvalue weighted by atomic mass is 9.87. The fraction of sp³-hybridized carbons (Fsp3) is 0.269. The van der Waals surface area contributed by atoms with Crippen molar-refractivity contribution in [3.05, 3.63) is 94.5 Å². The van der Waals surface area contributed by atoms with Gasteiger partial charge in [-0.3, -0.25) is 19.2 Å². The fourth-order valence-electron chi connectivity index (χ4n) is 3.37. The smallest absolute Gasteiger partial charge is 0.269 e. The minimum Gasteiger partial charge on any atom is -0.492 e. The van der Waals surface area contributed by atoms with Crippen LogP contribution in [-0.4, -0.2) is 38.9 Å². The van der Waals surface area contributed by atoms with Crippen molar-refractivity contribution in [2.75, 3.05) is 24.0 Å². The van der Waals surface area contributed by atoms with E-state index in [0.29, 0.717) is 5.75 Å². The Morgan fingerprint density at radius 1 is 0.972 bits per heavy atom. The van der Waals surface area contributed by atoms with Gasteiger partial charge in [-0.25, -0.2) is 8.42 Å². The molecule has 190 valence electrons. The van der Waals surface area contributed by atoms with E-state index in [2.05, 4.69) is 26.1 Å². The Balaban J connectivity index is 1.67. The molecular formula is C26H29N3O6S. The summed E-state index contributed by atoms with van der Waals surface area (Å²) in [5.74, 6) is 0.121. The minimum atomic E-state index is -4.10. The van der Waals surface area contributed by atoms with Gasteiger partial charge in [-0.05, 0) is 47.4 Å². The van der Waals surface area contributed by atoms with Gasteiger partial charge in [-0.15, -0.1) is 0 Å². The van der Waals surface area contributed by atoms with Crippen LogP contribution < -0.4 is 14.4 Å². The average molecular weight is 512 g/mol. The molecule has 0 unspecified atom stereocenters. The third-order valence-corrected chi connectivity index (χ3v) is 7.17. The summed E-state index contributed by atoms with van der Waals surface area (Å²) in [6.45, 7) is 6.22. The number of rotatable bonds is 10. The van der Waals surface area contributed by atoms with E-state index in [1.807, 2.05) is 24.3 Å². The molecule has 0 heterocycles. The van der Waals surface area contributed by atoms with Gasteiger partial charge in [0.25, 0.3) is 15.7 Å². The van der Waals surface area contributed by atoms with Crippen LogP contribution in [-0.2, 0) is 20.2 Å². The van der Waals surface area contributed by atoms with Crippen LogP contribution >= 0.6 is 0 Å². The van der Waals surface area contributed by atoms with Crippen molar-refractivity contribution in [1.82, 2.24) is 5.32 Å². The summed E-state index contributed by atoms with van der Waals surface area (Å²) in [5.41, 5.74) is 1.15. The topological polar surface area (TPSA) is 119 Å². The van der Waals surface area contributed by atoms with E-state index in [1.54, 1.807) is 18.2 Å².